The summed E-state index contributed by atoms with van der Waals surface area (Å²) in [4.78, 5) is 10.5. The molecule has 0 saturated heterocycles. The predicted octanol–water partition coefficient (Wildman–Crippen LogP) is -0.665. The number of methoxy groups -OCH3 is 1. The monoisotopic (exact) mass is 162 g/mol. The third-order valence-corrected chi connectivity index (χ3v) is 1.29. The zero-order valence-electron chi connectivity index (χ0n) is 6.62. The molecule has 66 valence electrons. The predicted molar refractivity (Wildman–Crippen MR) is 39.2 cm³/mol. The topological polar surface area (TPSA) is 66.8 Å². The fraction of sp³-hybridized carbons (Fsp3) is 0.857. The Balaban J connectivity index is 3.35. The largest absolute Gasteiger partial charge is 0.393 e. The van der Waals surface area contributed by atoms with Gasteiger partial charge in [0.05, 0.1) is 6.10 Å². The number of aliphatic hydroxyl groups excluding tert-OH is 2. The Morgan fingerprint density at radius 2 is 2.27 bits per heavy atom. The zero-order chi connectivity index (χ0) is 8.69. The zero-order valence-corrected chi connectivity index (χ0v) is 6.62. The van der Waals surface area contributed by atoms with Gasteiger partial charge in [0.15, 0.2) is 5.78 Å². The Kier molecular flexibility index (Phi) is 6.02. The van der Waals surface area contributed by atoms with Crippen LogP contribution in [0.15, 0.2) is 0 Å². The van der Waals surface area contributed by atoms with Crippen LogP contribution in [0.1, 0.15) is 12.8 Å². The van der Waals surface area contributed by atoms with Gasteiger partial charge >= 0.3 is 0 Å². The van der Waals surface area contributed by atoms with E-state index in [4.69, 9.17) is 14.9 Å². The Bertz CT molecular complexity index is 113. The highest BCUT2D eigenvalue weighted by Gasteiger charge is 2.08. The van der Waals surface area contributed by atoms with Gasteiger partial charge in [-0.2, -0.15) is 0 Å². The molecule has 1 unspecified atom stereocenters. The number of ketones is 1. The summed E-state index contributed by atoms with van der Waals surface area (Å²) in [6, 6.07) is 0. The van der Waals surface area contributed by atoms with Gasteiger partial charge in [0.25, 0.3) is 0 Å². The molecule has 0 saturated carbocycles. The van der Waals surface area contributed by atoms with E-state index in [1.165, 1.54) is 7.11 Å². The van der Waals surface area contributed by atoms with Crippen molar-refractivity contribution in [2.24, 2.45) is 0 Å². The maximum atomic E-state index is 10.5. The molecule has 0 amide bonds. The molecule has 0 aliphatic heterocycles. The second-order valence-electron chi connectivity index (χ2n) is 2.34. The average molecular weight is 162 g/mol. The van der Waals surface area contributed by atoms with Gasteiger partial charge in [-0.25, -0.2) is 0 Å². The molecule has 0 rings (SSSR count). The van der Waals surface area contributed by atoms with Crippen molar-refractivity contribution in [2.75, 3.05) is 20.3 Å². The molecule has 0 fully saturated rings. The smallest absolute Gasteiger partial charge is 0.160 e. The van der Waals surface area contributed by atoms with Gasteiger partial charge in [0.2, 0.25) is 0 Å². The highest BCUT2D eigenvalue weighted by atomic mass is 16.5. The summed E-state index contributed by atoms with van der Waals surface area (Å²) in [5.41, 5.74) is 0. The van der Waals surface area contributed by atoms with E-state index in [0.717, 1.165) is 0 Å². The molecule has 0 aromatic rings. The standard InChI is InChI=1S/C7H14O4/c1-11-3-2-6(9)4-7(10)5-8/h6,8-9H,2-5H2,1H3. The van der Waals surface area contributed by atoms with Crippen molar-refractivity contribution in [3.05, 3.63) is 0 Å². The van der Waals surface area contributed by atoms with Gasteiger partial charge in [-0.3, -0.25) is 4.79 Å². The number of ether oxygens (including phenoxy) is 1. The summed E-state index contributed by atoms with van der Waals surface area (Å²) in [5, 5.41) is 17.4. The fourth-order valence-electron chi connectivity index (χ4n) is 0.683. The minimum atomic E-state index is -0.686. The van der Waals surface area contributed by atoms with Crippen molar-refractivity contribution in [3.8, 4) is 0 Å². The molecule has 1 atom stereocenters. The van der Waals surface area contributed by atoms with Crippen molar-refractivity contribution in [1.29, 1.82) is 0 Å². The van der Waals surface area contributed by atoms with Crippen molar-refractivity contribution >= 4 is 5.78 Å². The number of rotatable bonds is 6. The first-order valence-corrected chi connectivity index (χ1v) is 3.50. The maximum Gasteiger partial charge on any atom is 0.160 e. The molecular formula is C7H14O4. The first-order valence-electron chi connectivity index (χ1n) is 3.50. The number of Topliss-reactive ketones (excluding diaryl/α,β-unsaturated/α-hetero) is 1. The lowest BCUT2D eigenvalue weighted by Gasteiger charge is -2.06. The minimum Gasteiger partial charge on any atom is -0.393 e. The van der Waals surface area contributed by atoms with E-state index in [2.05, 4.69) is 0 Å². The van der Waals surface area contributed by atoms with Crippen LogP contribution in [-0.4, -0.2) is 42.4 Å². The van der Waals surface area contributed by atoms with Crippen LogP contribution in [-0.2, 0) is 9.53 Å². The molecule has 0 aromatic heterocycles. The third-order valence-electron chi connectivity index (χ3n) is 1.29. The molecule has 0 aliphatic rings. The third kappa shape index (κ3) is 5.97. The Labute approximate surface area is 65.8 Å². The van der Waals surface area contributed by atoms with Crippen molar-refractivity contribution < 1.29 is 19.7 Å². The van der Waals surface area contributed by atoms with E-state index in [1.54, 1.807) is 0 Å². The molecule has 0 radical (unpaired) electrons. The summed E-state index contributed by atoms with van der Waals surface area (Å²) in [5.74, 6) is -0.339. The second-order valence-corrected chi connectivity index (χ2v) is 2.34. The van der Waals surface area contributed by atoms with Crippen LogP contribution >= 0.6 is 0 Å². The van der Waals surface area contributed by atoms with Crippen molar-refractivity contribution in [3.63, 3.8) is 0 Å². The molecule has 0 aliphatic carbocycles. The number of aliphatic hydroxyl groups is 2. The molecule has 0 aromatic carbocycles. The van der Waals surface area contributed by atoms with E-state index in [-0.39, 0.29) is 12.2 Å². The van der Waals surface area contributed by atoms with E-state index < -0.39 is 12.7 Å². The summed E-state index contributed by atoms with van der Waals surface area (Å²) >= 11 is 0. The lowest BCUT2D eigenvalue weighted by molar-refractivity contribution is -0.123. The molecule has 0 spiro atoms. The highest BCUT2D eigenvalue weighted by Crippen LogP contribution is 1.98. The summed E-state index contributed by atoms with van der Waals surface area (Å²) < 4.78 is 4.69. The lowest BCUT2D eigenvalue weighted by Crippen LogP contribution is -2.17. The molecule has 0 heterocycles. The maximum absolute atomic E-state index is 10.5. The second kappa shape index (κ2) is 6.27. The SMILES string of the molecule is COCCC(O)CC(=O)CO. The van der Waals surface area contributed by atoms with Crippen LogP contribution in [0.2, 0.25) is 0 Å². The van der Waals surface area contributed by atoms with Crippen LogP contribution in [0.3, 0.4) is 0 Å². The van der Waals surface area contributed by atoms with Crippen molar-refractivity contribution in [2.45, 2.75) is 18.9 Å². The minimum absolute atomic E-state index is 0.0137. The molecular weight excluding hydrogens is 148 g/mol. The molecule has 2 N–H and O–H groups in total. The van der Waals surface area contributed by atoms with Crippen LogP contribution in [0.4, 0.5) is 0 Å². The summed E-state index contributed by atoms with van der Waals surface area (Å²) in [7, 11) is 1.53. The van der Waals surface area contributed by atoms with E-state index in [0.29, 0.717) is 13.0 Å². The molecule has 0 bridgehead atoms. The van der Waals surface area contributed by atoms with Crippen LogP contribution in [0, 0.1) is 0 Å². The van der Waals surface area contributed by atoms with Crippen LogP contribution in [0.25, 0.3) is 0 Å². The first-order chi connectivity index (χ1) is 5.20. The lowest BCUT2D eigenvalue weighted by atomic mass is 10.1. The Morgan fingerprint density at radius 3 is 2.73 bits per heavy atom. The van der Waals surface area contributed by atoms with Crippen LogP contribution in [0.5, 0.6) is 0 Å². The Morgan fingerprint density at radius 1 is 1.64 bits per heavy atom. The average Bonchev–Trinajstić information content (AvgIpc) is 2.00. The van der Waals surface area contributed by atoms with Gasteiger partial charge < -0.3 is 14.9 Å². The molecule has 4 heteroatoms. The number of carbonyl (C=O) groups excluding carboxylic acids is 1. The summed E-state index contributed by atoms with van der Waals surface area (Å²) in [6.45, 7) is -0.0656. The molecule has 11 heavy (non-hydrogen) atoms. The van der Waals surface area contributed by atoms with Crippen molar-refractivity contribution in [1.82, 2.24) is 0 Å². The van der Waals surface area contributed by atoms with E-state index >= 15 is 0 Å². The Hall–Kier alpha value is -0.450. The van der Waals surface area contributed by atoms with Gasteiger partial charge in [-0.15, -0.1) is 0 Å². The van der Waals surface area contributed by atoms with Gasteiger partial charge in [0, 0.05) is 20.1 Å². The summed E-state index contributed by atoms with van der Waals surface area (Å²) in [6.07, 6.45) is -0.239. The highest BCUT2D eigenvalue weighted by molar-refractivity contribution is 5.79. The number of hydrogen-bond acceptors (Lipinski definition) is 4. The number of carbonyl (C=O) groups is 1. The first kappa shape index (κ1) is 10.6. The van der Waals surface area contributed by atoms with Gasteiger partial charge in [-0.05, 0) is 6.42 Å². The van der Waals surface area contributed by atoms with Gasteiger partial charge in [0.1, 0.15) is 6.61 Å². The van der Waals surface area contributed by atoms with Gasteiger partial charge in [-0.1, -0.05) is 0 Å². The quantitative estimate of drug-likeness (QED) is 0.544. The van der Waals surface area contributed by atoms with E-state index in [9.17, 15) is 4.79 Å². The fourth-order valence-corrected chi connectivity index (χ4v) is 0.683. The normalized spacial score (nSPS) is 13.0. The van der Waals surface area contributed by atoms with Crippen LogP contribution < -0.4 is 0 Å². The molecule has 4 nitrogen and oxygen atoms in total. The number of hydrogen-bond donors (Lipinski definition) is 2. The van der Waals surface area contributed by atoms with E-state index in [1.807, 2.05) is 0 Å².